The highest BCUT2D eigenvalue weighted by Gasteiger charge is 2.42. The van der Waals surface area contributed by atoms with Crippen molar-refractivity contribution in [2.75, 3.05) is 0 Å². The van der Waals surface area contributed by atoms with Crippen LogP contribution in [0.1, 0.15) is 81.1 Å². The van der Waals surface area contributed by atoms with Crippen molar-refractivity contribution in [3.05, 3.63) is 0 Å². The number of carbonyl (C=O) groups excluding carboxylic acids is 2. The van der Waals surface area contributed by atoms with Gasteiger partial charge in [0.2, 0.25) is 6.04 Å². The third-order valence-corrected chi connectivity index (χ3v) is 5.38. The Morgan fingerprint density at radius 1 is 0.714 bits per heavy atom. The van der Waals surface area contributed by atoms with Crippen molar-refractivity contribution >= 4 is 11.9 Å². The van der Waals surface area contributed by atoms with E-state index in [0.717, 1.165) is 0 Å². The van der Waals surface area contributed by atoms with Gasteiger partial charge in [-0.2, -0.15) is 0 Å². The molecule has 0 bridgehead atoms. The zero-order chi connectivity index (χ0) is 21.5. The fourth-order valence-corrected chi connectivity index (χ4v) is 5.20. The molecule has 0 aromatic carbocycles. The van der Waals surface area contributed by atoms with Crippen LogP contribution in [0.25, 0.3) is 0 Å². The Kier molecular flexibility index (Phi) is 6.25. The van der Waals surface area contributed by atoms with Gasteiger partial charge in [0.05, 0.1) is 0 Å². The van der Waals surface area contributed by atoms with Crippen molar-refractivity contribution in [3.63, 3.8) is 0 Å². The number of ether oxygens (including phenoxy) is 2. The van der Waals surface area contributed by atoms with Gasteiger partial charge in [0, 0.05) is 47.8 Å². The number of nitrogens with one attached hydrogen (secondary N) is 2. The molecule has 28 heavy (non-hydrogen) atoms. The summed E-state index contributed by atoms with van der Waals surface area (Å²) in [6, 6.07) is -1.41. The maximum Gasteiger partial charge on any atom is 0.334 e. The molecule has 2 fully saturated rings. The van der Waals surface area contributed by atoms with Crippen LogP contribution in [0.5, 0.6) is 0 Å². The van der Waals surface area contributed by atoms with Crippen LogP contribution in [0, 0.1) is 0 Å². The minimum Gasteiger partial charge on any atom is -0.461 e. The molecular formula is C21H39N3O4. The van der Waals surface area contributed by atoms with Gasteiger partial charge >= 0.3 is 11.9 Å². The van der Waals surface area contributed by atoms with E-state index in [-0.39, 0.29) is 34.4 Å². The Balaban J connectivity index is 1.94. The first-order valence-corrected chi connectivity index (χ1v) is 10.2. The summed E-state index contributed by atoms with van der Waals surface area (Å²) in [5.74, 6) is -1.42. The number of hydrogen-bond donors (Lipinski definition) is 3. The SMILES string of the molecule is CC1(C)CC(OC(=O)C(N)C(=O)OC2CC(C)(C)NC(C)(C)C2)CC(C)(C)N1. The van der Waals surface area contributed by atoms with Crippen molar-refractivity contribution in [2.45, 2.75) is 121 Å². The molecule has 2 saturated heterocycles. The van der Waals surface area contributed by atoms with E-state index in [1.807, 2.05) is 0 Å². The predicted octanol–water partition coefficient (Wildman–Crippen LogP) is 2.02. The van der Waals surface area contributed by atoms with Crippen LogP contribution in [-0.4, -0.2) is 52.3 Å². The number of rotatable bonds is 4. The van der Waals surface area contributed by atoms with Crippen LogP contribution in [0.2, 0.25) is 0 Å². The van der Waals surface area contributed by atoms with Gasteiger partial charge < -0.3 is 25.8 Å². The normalized spacial score (nSPS) is 26.6. The van der Waals surface area contributed by atoms with E-state index in [1.165, 1.54) is 0 Å². The number of hydrogen-bond acceptors (Lipinski definition) is 7. The van der Waals surface area contributed by atoms with Crippen LogP contribution in [-0.2, 0) is 19.1 Å². The second kappa shape index (κ2) is 7.58. The topological polar surface area (TPSA) is 103 Å². The highest BCUT2D eigenvalue weighted by molar-refractivity contribution is 5.99. The molecule has 0 amide bonds. The van der Waals surface area contributed by atoms with Crippen LogP contribution < -0.4 is 16.4 Å². The molecule has 0 radical (unpaired) electrons. The van der Waals surface area contributed by atoms with Gasteiger partial charge in [0.25, 0.3) is 0 Å². The van der Waals surface area contributed by atoms with Crippen LogP contribution in [0.4, 0.5) is 0 Å². The highest BCUT2D eigenvalue weighted by Crippen LogP contribution is 2.32. The zero-order valence-corrected chi connectivity index (χ0v) is 18.8. The molecule has 2 aliphatic heterocycles. The maximum absolute atomic E-state index is 12.5. The van der Waals surface area contributed by atoms with Gasteiger partial charge in [-0.25, -0.2) is 9.59 Å². The van der Waals surface area contributed by atoms with Crippen molar-refractivity contribution in [3.8, 4) is 0 Å². The molecule has 0 spiro atoms. The average molecular weight is 398 g/mol. The van der Waals surface area contributed by atoms with E-state index in [1.54, 1.807) is 0 Å². The lowest BCUT2D eigenvalue weighted by Gasteiger charge is -2.46. The van der Waals surface area contributed by atoms with Gasteiger partial charge in [0.15, 0.2) is 0 Å². The summed E-state index contributed by atoms with van der Waals surface area (Å²) in [5.41, 5.74) is 5.23. The molecule has 2 rings (SSSR count). The number of nitrogens with two attached hydrogens (primary N) is 1. The second-order valence-corrected chi connectivity index (χ2v) is 11.2. The lowest BCUT2D eigenvalue weighted by atomic mass is 9.81. The molecule has 7 nitrogen and oxygen atoms in total. The molecule has 162 valence electrons. The van der Waals surface area contributed by atoms with E-state index in [9.17, 15) is 9.59 Å². The molecule has 0 aromatic heterocycles. The van der Waals surface area contributed by atoms with Gasteiger partial charge in [-0.05, 0) is 55.4 Å². The summed E-state index contributed by atoms with van der Waals surface area (Å²) < 4.78 is 11.2. The molecule has 7 heteroatoms. The van der Waals surface area contributed by atoms with Gasteiger partial charge in [0.1, 0.15) is 12.2 Å². The highest BCUT2D eigenvalue weighted by atomic mass is 16.6. The molecule has 4 N–H and O–H groups in total. The quantitative estimate of drug-likeness (QED) is 0.492. The van der Waals surface area contributed by atoms with Crippen LogP contribution >= 0.6 is 0 Å². The molecule has 2 aliphatic rings. The van der Waals surface area contributed by atoms with E-state index >= 15 is 0 Å². The first-order valence-electron chi connectivity index (χ1n) is 10.2. The van der Waals surface area contributed by atoms with Gasteiger partial charge in [-0.15, -0.1) is 0 Å². The molecule has 0 aromatic rings. The molecule has 0 unspecified atom stereocenters. The Hall–Kier alpha value is -1.18. The summed E-state index contributed by atoms with van der Waals surface area (Å²) in [4.78, 5) is 25.0. The van der Waals surface area contributed by atoms with Gasteiger partial charge in [-0.1, -0.05) is 0 Å². The monoisotopic (exact) mass is 397 g/mol. The zero-order valence-electron chi connectivity index (χ0n) is 18.8. The Labute approximate surface area is 169 Å². The third-order valence-electron chi connectivity index (χ3n) is 5.38. The minimum absolute atomic E-state index is 0.163. The van der Waals surface area contributed by atoms with E-state index in [4.69, 9.17) is 15.2 Å². The molecule has 0 atom stereocenters. The van der Waals surface area contributed by atoms with Gasteiger partial charge in [-0.3, -0.25) is 0 Å². The lowest BCUT2D eigenvalue weighted by molar-refractivity contribution is -0.166. The number of piperidine rings is 2. The predicted molar refractivity (Wildman–Crippen MR) is 109 cm³/mol. The first kappa shape index (κ1) is 23.1. The number of esters is 2. The first-order chi connectivity index (χ1) is 12.5. The van der Waals surface area contributed by atoms with Crippen molar-refractivity contribution < 1.29 is 19.1 Å². The van der Waals surface area contributed by atoms with E-state index in [0.29, 0.717) is 25.7 Å². The van der Waals surface area contributed by atoms with E-state index in [2.05, 4.69) is 66.0 Å². The summed E-state index contributed by atoms with van der Waals surface area (Å²) in [6.07, 6.45) is 2.10. The van der Waals surface area contributed by atoms with Crippen molar-refractivity contribution in [2.24, 2.45) is 5.73 Å². The summed E-state index contributed by atoms with van der Waals surface area (Å²) >= 11 is 0. The molecule has 0 aliphatic carbocycles. The van der Waals surface area contributed by atoms with Crippen molar-refractivity contribution in [1.82, 2.24) is 10.6 Å². The Bertz CT molecular complexity index is 529. The van der Waals surface area contributed by atoms with Crippen molar-refractivity contribution in [1.29, 1.82) is 0 Å². The molecule has 0 saturated carbocycles. The smallest absolute Gasteiger partial charge is 0.334 e. The Morgan fingerprint density at radius 3 is 1.21 bits per heavy atom. The molecule has 2 heterocycles. The second-order valence-electron chi connectivity index (χ2n) is 11.2. The van der Waals surface area contributed by atoms with Crippen LogP contribution in [0.3, 0.4) is 0 Å². The fraction of sp³-hybridized carbons (Fsp3) is 0.905. The maximum atomic E-state index is 12.5. The third kappa shape index (κ3) is 6.42. The van der Waals surface area contributed by atoms with Crippen LogP contribution in [0.15, 0.2) is 0 Å². The molecular weight excluding hydrogens is 358 g/mol. The summed E-state index contributed by atoms with van der Waals surface area (Å²) in [5, 5.41) is 7.07. The minimum atomic E-state index is -1.41. The largest absolute Gasteiger partial charge is 0.461 e. The summed E-state index contributed by atoms with van der Waals surface area (Å²) in [7, 11) is 0. The lowest BCUT2D eigenvalue weighted by Crippen LogP contribution is -2.61. The fourth-order valence-electron chi connectivity index (χ4n) is 5.20. The Morgan fingerprint density at radius 2 is 0.964 bits per heavy atom. The van der Waals surface area contributed by atoms with E-state index < -0.39 is 18.0 Å². The standard InChI is InChI=1S/C21H39N3O4/c1-18(2)9-13(10-19(3,4)23-18)27-16(25)15(22)17(26)28-14-11-20(5,6)24-21(7,8)12-14/h13-15,23-24H,9-12,22H2,1-8H3. The summed E-state index contributed by atoms with van der Waals surface area (Å²) in [6.45, 7) is 16.6. The average Bonchev–Trinajstić information content (AvgIpc) is 2.38. The number of carbonyl (C=O) groups is 2.